The Hall–Kier alpha value is -1.81. The Bertz CT molecular complexity index is 518. The van der Waals surface area contributed by atoms with Gasteiger partial charge in [0.2, 0.25) is 0 Å². The van der Waals surface area contributed by atoms with E-state index in [1.54, 1.807) is 0 Å². The van der Waals surface area contributed by atoms with Crippen LogP contribution in [0.15, 0.2) is 36.7 Å². The monoisotopic (exact) mass is 259 g/mol. The number of imidazole rings is 1. The lowest BCUT2D eigenvalue weighted by Gasteiger charge is -2.19. The first-order chi connectivity index (χ1) is 9.11. The number of hydrogen-bond acceptors (Lipinski definition) is 3. The summed E-state index contributed by atoms with van der Waals surface area (Å²) in [6.07, 6.45) is 4.13. The van der Waals surface area contributed by atoms with Gasteiger partial charge in [0.05, 0.1) is 12.6 Å². The fraction of sp³-hybridized carbons (Fsp3) is 0.400. The number of rotatable bonds is 5. The van der Waals surface area contributed by atoms with Crippen LogP contribution in [0.25, 0.3) is 0 Å². The summed E-state index contributed by atoms with van der Waals surface area (Å²) >= 11 is 0. The first-order valence-corrected chi connectivity index (χ1v) is 6.57. The van der Waals surface area contributed by atoms with Gasteiger partial charge in [0.1, 0.15) is 5.82 Å². The van der Waals surface area contributed by atoms with Gasteiger partial charge in [0, 0.05) is 32.2 Å². The van der Waals surface area contributed by atoms with Crippen molar-refractivity contribution in [1.29, 1.82) is 0 Å². The lowest BCUT2D eigenvalue weighted by molar-refractivity contribution is 0.173. The average Bonchev–Trinajstić information content (AvgIpc) is 2.83. The van der Waals surface area contributed by atoms with Crippen molar-refractivity contribution in [3.05, 3.63) is 48.0 Å². The summed E-state index contributed by atoms with van der Waals surface area (Å²) in [4.78, 5) is 6.46. The maximum Gasteiger partial charge on any atom is 0.127 e. The number of anilines is 1. The molecule has 19 heavy (non-hydrogen) atoms. The lowest BCUT2D eigenvalue weighted by Crippen LogP contribution is -2.18. The summed E-state index contributed by atoms with van der Waals surface area (Å²) in [5, 5.41) is 9.78. The molecule has 2 rings (SSSR count). The second kappa shape index (κ2) is 5.89. The van der Waals surface area contributed by atoms with Crippen molar-refractivity contribution in [3.63, 3.8) is 0 Å². The van der Waals surface area contributed by atoms with E-state index in [0.717, 1.165) is 30.0 Å². The highest BCUT2D eigenvalue weighted by Crippen LogP contribution is 2.21. The minimum atomic E-state index is -0.367. The van der Waals surface area contributed by atoms with Crippen LogP contribution in [-0.2, 0) is 13.6 Å². The molecule has 4 nitrogen and oxygen atoms in total. The number of benzene rings is 1. The maximum absolute atomic E-state index is 9.78. The number of nitrogens with zero attached hydrogens (tertiary/aromatic N) is 3. The zero-order chi connectivity index (χ0) is 13.8. The molecule has 0 fully saturated rings. The van der Waals surface area contributed by atoms with Gasteiger partial charge in [-0.3, -0.25) is 0 Å². The Labute approximate surface area is 114 Å². The van der Waals surface area contributed by atoms with Crippen LogP contribution in [0.2, 0.25) is 0 Å². The van der Waals surface area contributed by atoms with Crippen LogP contribution in [-0.4, -0.2) is 21.7 Å². The fourth-order valence-corrected chi connectivity index (χ4v) is 2.04. The predicted molar refractivity (Wildman–Crippen MR) is 77.0 cm³/mol. The molecule has 0 saturated carbocycles. The fourth-order valence-electron chi connectivity index (χ4n) is 2.04. The Balaban J connectivity index is 2.07. The minimum absolute atomic E-state index is 0.367. The van der Waals surface area contributed by atoms with Crippen molar-refractivity contribution in [2.75, 3.05) is 11.9 Å². The summed E-state index contributed by atoms with van der Waals surface area (Å²) in [5.41, 5.74) is 2.09. The normalized spacial score (nSPS) is 12.4. The number of hydrogen-bond donors (Lipinski definition) is 1. The second-order valence-electron chi connectivity index (χ2n) is 4.83. The highest BCUT2D eigenvalue weighted by Gasteiger charge is 2.08. The minimum Gasteiger partial charge on any atom is -0.388 e. The van der Waals surface area contributed by atoms with Crippen molar-refractivity contribution in [3.8, 4) is 0 Å². The molecule has 0 bridgehead atoms. The molecule has 1 heterocycles. The van der Waals surface area contributed by atoms with Gasteiger partial charge in [-0.2, -0.15) is 0 Å². The van der Waals surface area contributed by atoms with Gasteiger partial charge in [-0.15, -0.1) is 0 Å². The van der Waals surface area contributed by atoms with Crippen LogP contribution in [0, 0.1) is 0 Å². The van der Waals surface area contributed by atoms with Gasteiger partial charge in [-0.25, -0.2) is 4.98 Å². The Morgan fingerprint density at radius 2 is 2.00 bits per heavy atom. The van der Waals surface area contributed by atoms with Crippen molar-refractivity contribution < 1.29 is 5.11 Å². The third kappa shape index (κ3) is 3.15. The number of aliphatic hydroxyl groups excluding tert-OH is 1. The SMILES string of the molecule is CCC(O)c1ccc(N(C)Cc2nccn2C)cc1. The van der Waals surface area contributed by atoms with Crippen LogP contribution in [0.1, 0.15) is 30.8 Å². The van der Waals surface area contributed by atoms with Gasteiger partial charge >= 0.3 is 0 Å². The summed E-state index contributed by atoms with van der Waals surface area (Å²) < 4.78 is 2.02. The van der Waals surface area contributed by atoms with Crippen molar-refractivity contribution in [2.45, 2.75) is 26.0 Å². The van der Waals surface area contributed by atoms with E-state index in [2.05, 4.69) is 9.88 Å². The van der Waals surface area contributed by atoms with Gasteiger partial charge in [0.15, 0.2) is 0 Å². The highest BCUT2D eigenvalue weighted by molar-refractivity contribution is 5.47. The first kappa shape index (κ1) is 13.6. The van der Waals surface area contributed by atoms with Gasteiger partial charge in [0.25, 0.3) is 0 Å². The third-order valence-corrected chi connectivity index (χ3v) is 3.40. The quantitative estimate of drug-likeness (QED) is 0.897. The summed E-state index contributed by atoms with van der Waals surface area (Å²) in [6, 6.07) is 8.05. The van der Waals surface area contributed by atoms with Crippen molar-refractivity contribution >= 4 is 5.69 Å². The van der Waals surface area contributed by atoms with Crippen molar-refractivity contribution in [2.24, 2.45) is 7.05 Å². The van der Waals surface area contributed by atoms with Crippen LogP contribution in [0.5, 0.6) is 0 Å². The third-order valence-electron chi connectivity index (χ3n) is 3.40. The Morgan fingerprint density at radius 1 is 1.32 bits per heavy atom. The molecular weight excluding hydrogens is 238 g/mol. The molecule has 2 aromatic rings. The molecule has 1 unspecified atom stereocenters. The standard InChI is InChI=1S/C15H21N3O/c1-4-14(19)12-5-7-13(8-6-12)18(3)11-15-16-9-10-17(15)2/h5-10,14,19H,4,11H2,1-3H3. The smallest absolute Gasteiger partial charge is 0.127 e. The first-order valence-electron chi connectivity index (χ1n) is 6.57. The molecule has 0 radical (unpaired) electrons. The Morgan fingerprint density at radius 3 is 2.53 bits per heavy atom. The molecule has 0 saturated heterocycles. The van der Waals surface area contributed by atoms with Gasteiger partial charge < -0.3 is 14.6 Å². The largest absolute Gasteiger partial charge is 0.388 e. The van der Waals surface area contributed by atoms with E-state index in [1.807, 2.05) is 62.2 Å². The Kier molecular flexibility index (Phi) is 4.22. The zero-order valence-electron chi connectivity index (χ0n) is 11.7. The molecule has 1 N–H and O–H groups in total. The number of aryl methyl sites for hydroxylation is 1. The topological polar surface area (TPSA) is 41.3 Å². The van der Waals surface area contributed by atoms with Crippen LogP contribution >= 0.6 is 0 Å². The van der Waals surface area contributed by atoms with Crippen LogP contribution < -0.4 is 4.90 Å². The predicted octanol–water partition coefficient (Wildman–Crippen LogP) is 2.50. The van der Waals surface area contributed by atoms with Crippen LogP contribution in [0.3, 0.4) is 0 Å². The highest BCUT2D eigenvalue weighted by atomic mass is 16.3. The van der Waals surface area contributed by atoms with Crippen molar-refractivity contribution in [1.82, 2.24) is 9.55 Å². The van der Waals surface area contributed by atoms with E-state index >= 15 is 0 Å². The summed E-state index contributed by atoms with van der Waals surface area (Å²) in [6.45, 7) is 2.74. The molecular formula is C15H21N3O. The van der Waals surface area contributed by atoms with Gasteiger partial charge in [-0.1, -0.05) is 19.1 Å². The van der Waals surface area contributed by atoms with Crippen LogP contribution in [0.4, 0.5) is 5.69 Å². The molecule has 1 aromatic heterocycles. The van der Waals surface area contributed by atoms with E-state index in [1.165, 1.54) is 0 Å². The van der Waals surface area contributed by atoms with Gasteiger partial charge in [-0.05, 0) is 24.1 Å². The molecule has 102 valence electrons. The zero-order valence-corrected chi connectivity index (χ0v) is 11.7. The second-order valence-corrected chi connectivity index (χ2v) is 4.83. The molecule has 0 aliphatic carbocycles. The molecule has 1 aromatic carbocycles. The number of aliphatic hydroxyl groups is 1. The van der Waals surface area contributed by atoms with E-state index in [4.69, 9.17) is 0 Å². The van der Waals surface area contributed by atoms with E-state index in [-0.39, 0.29) is 6.10 Å². The average molecular weight is 259 g/mol. The van der Waals surface area contributed by atoms with E-state index < -0.39 is 0 Å². The molecule has 1 atom stereocenters. The molecule has 0 amide bonds. The molecule has 4 heteroatoms. The molecule has 0 aliphatic rings. The maximum atomic E-state index is 9.78. The lowest BCUT2D eigenvalue weighted by atomic mass is 10.1. The molecule has 0 spiro atoms. The summed E-state index contributed by atoms with van der Waals surface area (Å²) in [7, 11) is 4.04. The summed E-state index contributed by atoms with van der Waals surface area (Å²) in [5.74, 6) is 1.03. The van der Waals surface area contributed by atoms with E-state index in [9.17, 15) is 5.11 Å². The van der Waals surface area contributed by atoms with E-state index in [0.29, 0.717) is 0 Å². The molecule has 0 aliphatic heterocycles. The number of aromatic nitrogens is 2.